The molecule has 0 fully saturated rings. The average molecular weight is 330 g/mol. The van der Waals surface area contributed by atoms with Crippen molar-refractivity contribution in [3.05, 3.63) is 29.8 Å². The summed E-state index contributed by atoms with van der Waals surface area (Å²) in [6.07, 6.45) is 1.87. The Morgan fingerprint density at radius 3 is 2.24 bits per heavy atom. The molecule has 1 rings (SSSR count). The third-order valence-electron chi connectivity index (χ3n) is 3.03. The van der Waals surface area contributed by atoms with Gasteiger partial charge in [0.25, 0.3) is 0 Å². The Morgan fingerprint density at radius 2 is 1.76 bits per heavy atom. The normalized spacial score (nSPS) is 11.6. The first-order valence-electron chi connectivity index (χ1n) is 6.80. The fourth-order valence-corrected chi connectivity index (χ4v) is 3.70. The van der Waals surface area contributed by atoms with E-state index in [4.69, 9.17) is 0 Å². The minimum atomic E-state index is -3.42. The van der Waals surface area contributed by atoms with Crippen molar-refractivity contribution in [1.29, 1.82) is 0 Å². The highest BCUT2D eigenvalue weighted by Crippen LogP contribution is 2.16. The molecular formula is C14H22N2O3S2. The minimum Gasteiger partial charge on any atom is -0.351 e. The van der Waals surface area contributed by atoms with Gasteiger partial charge in [0.2, 0.25) is 15.9 Å². The summed E-state index contributed by atoms with van der Waals surface area (Å²) in [4.78, 5) is 11.7. The van der Waals surface area contributed by atoms with Crippen LogP contribution in [0.4, 0.5) is 0 Å². The third kappa shape index (κ3) is 5.01. The van der Waals surface area contributed by atoms with Crippen LogP contribution in [0.1, 0.15) is 19.4 Å². The van der Waals surface area contributed by atoms with Crippen molar-refractivity contribution < 1.29 is 13.2 Å². The third-order valence-corrected chi connectivity index (χ3v) is 5.65. The molecule has 7 heteroatoms. The average Bonchev–Trinajstić information content (AvgIpc) is 2.47. The Hall–Kier alpha value is -1.05. The maximum atomic E-state index is 12.3. The first kappa shape index (κ1) is 18.0. The fraction of sp³-hybridized carbons (Fsp3) is 0.500. The highest BCUT2D eigenvalue weighted by Gasteiger charge is 2.21. The van der Waals surface area contributed by atoms with Crippen molar-refractivity contribution in [3.8, 4) is 0 Å². The lowest BCUT2D eigenvalue weighted by Crippen LogP contribution is -2.30. The SMILES string of the molecule is CCN(CC)S(=O)(=O)c1ccc(CNC(=O)CSC)cc1. The predicted molar refractivity (Wildman–Crippen MR) is 86.8 cm³/mol. The van der Waals surface area contributed by atoms with Gasteiger partial charge in [0, 0.05) is 19.6 Å². The smallest absolute Gasteiger partial charge is 0.243 e. The van der Waals surface area contributed by atoms with Crippen LogP contribution in [0.5, 0.6) is 0 Å². The minimum absolute atomic E-state index is 0.0256. The van der Waals surface area contributed by atoms with Crippen molar-refractivity contribution in [2.75, 3.05) is 25.1 Å². The van der Waals surface area contributed by atoms with E-state index in [0.717, 1.165) is 5.56 Å². The Labute approximate surface area is 131 Å². The summed E-state index contributed by atoms with van der Waals surface area (Å²) in [5, 5.41) is 2.78. The van der Waals surface area contributed by atoms with E-state index in [1.165, 1.54) is 16.1 Å². The molecule has 0 spiro atoms. The van der Waals surface area contributed by atoms with Gasteiger partial charge in [0.1, 0.15) is 0 Å². The van der Waals surface area contributed by atoms with Crippen LogP contribution in [-0.2, 0) is 21.4 Å². The molecule has 1 N–H and O–H groups in total. The molecule has 0 saturated heterocycles. The van der Waals surface area contributed by atoms with Gasteiger partial charge in [-0.2, -0.15) is 16.1 Å². The summed E-state index contributed by atoms with van der Waals surface area (Å²) >= 11 is 1.46. The largest absolute Gasteiger partial charge is 0.351 e. The summed E-state index contributed by atoms with van der Waals surface area (Å²) < 4.78 is 26.0. The van der Waals surface area contributed by atoms with Crippen molar-refractivity contribution in [1.82, 2.24) is 9.62 Å². The highest BCUT2D eigenvalue weighted by atomic mass is 32.2. The maximum Gasteiger partial charge on any atom is 0.243 e. The topological polar surface area (TPSA) is 66.5 Å². The van der Waals surface area contributed by atoms with E-state index >= 15 is 0 Å². The summed E-state index contributed by atoms with van der Waals surface area (Å²) in [7, 11) is -3.42. The van der Waals surface area contributed by atoms with E-state index in [1.54, 1.807) is 24.3 Å². The molecule has 0 heterocycles. The summed E-state index contributed by atoms with van der Waals surface area (Å²) in [5.41, 5.74) is 0.878. The molecule has 0 radical (unpaired) electrons. The van der Waals surface area contributed by atoms with Crippen LogP contribution in [-0.4, -0.2) is 43.7 Å². The molecule has 1 aromatic rings. The van der Waals surface area contributed by atoms with Crippen molar-refractivity contribution in [2.45, 2.75) is 25.3 Å². The number of sulfonamides is 1. The lowest BCUT2D eigenvalue weighted by Gasteiger charge is -2.18. The van der Waals surface area contributed by atoms with Gasteiger partial charge in [0.05, 0.1) is 10.6 Å². The van der Waals surface area contributed by atoms with E-state index in [1.807, 2.05) is 20.1 Å². The molecule has 1 amide bonds. The van der Waals surface area contributed by atoms with Crippen molar-refractivity contribution >= 4 is 27.7 Å². The molecule has 0 aliphatic heterocycles. The van der Waals surface area contributed by atoms with E-state index in [2.05, 4.69) is 5.32 Å². The summed E-state index contributed by atoms with van der Waals surface area (Å²) in [6.45, 7) is 4.94. The Bertz CT molecular complexity index is 552. The predicted octanol–water partition coefficient (Wildman–Crippen LogP) is 1.70. The van der Waals surface area contributed by atoms with Crippen LogP contribution >= 0.6 is 11.8 Å². The van der Waals surface area contributed by atoms with E-state index in [9.17, 15) is 13.2 Å². The number of carbonyl (C=O) groups excluding carboxylic acids is 1. The molecular weight excluding hydrogens is 308 g/mol. The van der Waals surface area contributed by atoms with Crippen molar-refractivity contribution in [3.63, 3.8) is 0 Å². The van der Waals surface area contributed by atoms with Crippen LogP contribution < -0.4 is 5.32 Å². The first-order valence-corrected chi connectivity index (χ1v) is 9.63. The van der Waals surface area contributed by atoms with Gasteiger partial charge in [-0.05, 0) is 24.0 Å². The van der Waals surface area contributed by atoms with Gasteiger partial charge < -0.3 is 5.32 Å². The number of hydrogen-bond donors (Lipinski definition) is 1. The van der Waals surface area contributed by atoms with Crippen LogP contribution in [0.25, 0.3) is 0 Å². The number of carbonyl (C=O) groups is 1. The van der Waals surface area contributed by atoms with Crippen LogP contribution in [0.15, 0.2) is 29.2 Å². The highest BCUT2D eigenvalue weighted by molar-refractivity contribution is 7.99. The van der Waals surface area contributed by atoms with Gasteiger partial charge in [-0.1, -0.05) is 26.0 Å². The molecule has 0 unspecified atom stereocenters. The summed E-state index contributed by atoms with van der Waals surface area (Å²) in [5.74, 6) is 0.399. The monoisotopic (exact) mass is 330 g/mol. The molecule has 0 aliphatic carbocycles. The second kappa shape index (κ2) is 8.41. The zero-order chi connectivity index (χ0) is 15.9. The van der Waals surface area contributed by atoms with Crippen molar-refractivity contribution in [2.24, 2.45) is 0 Å². The molecule has 0 bridgehead atoms. The molecule has 1 aromatic carbocycles. The van der Waals surface area contributed by atoms with Gasteiger partial charge in [-0.3, -0.25) is 4.79 Å². The number of amides is 1. The maximum absolute atomic E-state index is 12.3. The standard InChI is InChI=1S/C14H22N2O3S2/c1-4-16(5-2)21(18,19)13-8-6-12(7-9-13)10-15-14(17)11-20-3/h6-9H,4-5,10-11H2,1-3H3,(H,15,17). The van der Waals surface area contributed by atoms with Gasteiger partial charge in [-0.25, -0.2) is 8.42 Å². The summed E-state index contributed by atoms with van der Waals surface area (Å²) in [6, 6.07) is 6.64. The molecule has 21 heavy (non-hydrogen) atoms. The first-order chi connectivity index (χ1) is 9.95. The molecule has 0 aromatic heterocycles. The number of hydrogen-bond acceptors (Lipinski definition) is 4. The second-order valence-electron chi connectivity index (χ2n) is 4.44. The van der Waals surface area contributed by atoms with E-state index in [0.29, 0.717) is 25.4 Å². The lowest BCUT2D eigenvalue weighted by atomic mass is 10.2. The second-order valence-corrected chi connectivity index (χ2v) is 7.25. The van der Waals surface area contributed by atoms with Crippen LogP contribution in [0.3, 0.4) is 0 Å². The fourth-order valence-electron chi connectivity index (χ4n) is 1.87. The quantitative estimate of drug-likeness (QED) is 0.788. The lowest BCUT2D eigenvalue weighted by molar-refractivity contribution is -0.118. The van der Waals surface area contributed by atoms with Gasteiger partial charge in [-0.15, -0.1) is 0 Å². The molecule has 0 atom stereocenters. The molecule has 0 aliphatic rings. The van der Waals surface area contributed by atoms with E-state index in [-0.39, 0.29) is 10.8 Å². The molecule has 0 saturated carbocycles. The molecule has 118 valence electrons. The molecule has 5 nitrogen and oxygen atoms in total. The number of benzene rings is 1. The van der Waals surface area contributed by atoms with Gasteiger partial charge in [0.15, 0.2) is 0 Å². The Balaban J connectivity index is 2.76. The zero-order valence-electron chi connectivity index (χ0n) is 12.6. The zero-order valence-corrected chi connectivity index (χ0v) is 14.3. The number of nitrogens with one attached hydrogen (secondary N) is 1. The van der Waals surface area contributed by atoms with Crippen LogP contribution in [0, 0.1) is 0 Å². The number of rotatable bonds is 8. The Kier molecular flexibility index (Phi) is 7.21. The van der Waals surface area contributed by atoms with E-state index < -0.39 is 10.0 Å². The van der Waals surface area contributed by atoms with Gasteiger partial charge >= 0.3 is 0 Å². The van der Waals surface area contributed by atoms with Crippen LogP contribution in [0.2, 0.25) is 0 Å². The number of nitrogens with zero attached hydrogens (tertiary/aromatic N) is 1. The number of thioether (sulfide) groups is 1. The Morgan fingerprint density at radius 1 is 1.19 bits per heavy atom.